The first-order chi connectivity index (χ1) is 16.4. The quantitative estimate of drug-likeness (QED) is 0.265. The van der Waals surface area contributed by atoms with Crippen LogP contribution in [-0.2, 0) is 18.8 Å². The van der Waals surface area contributed by atoms with Crippen LogP contribution in [0.25, 0.3) is 10.9 Å². The van der Waals surface area contributed by atoms with E-state index in [1.807, 2.05) is 0 Å². The van der Waals surface area contributed by atoms with Gasteiger partial charge in [-0.05, 0) is 41.8 Å². The highest BCUT2D eigenvalue weighted by molar-refractivity contribution is 6.31. The van der Waals surface area contributed by atoms with Gasteiger partial charge in [0, 0.05) is 46.1 Å². The van der Waals surface area contributed by atoms with Gasteiger partial charge < -0.3 is 9.88 Å². The number of benzene rings is 1. The molecule has 0 amide bonds. The standard InChI is InChI=1S/C20H11Cl2F6N7/c21-9-1-2-12-11(5-9)10-3-4-35(14(13(10)31-12)8-6-29-17(22)30-7-8)18-33-15(19(23,24)25)32-16(34-18)20(26,27)28/h1-2,5-7,14,31H,3-4H2/t14-/m0/s1. The van der Waals surface area contributed by atoms with Gasteiger partial charge in [-0.3, -0.25) is 0 Å². The molecule has 0 unspecified atom stereocenters. The molecule has 0 fully saturated rings. The van der Waals surface area contributed by atoms with Crippen molar-refractivity contribution in [3.8, 4) is 0 Å². The van der Waals surface area contributed by atoms with Crippen molar-refractivity contribution < 1.29 is 26.3 Å². The van der Waals surface area contributed by atoms with Gasteiger partial charge in [0.2, 0.25) is 22.9 Å². The second-order valence-electron chi connectivity index (χ2n) is 7.62. The maximum atomic E-state index is 13.4. The second-order valence-corrected chi connectivity index (χ2v) is 8.39. The van der Waals surface area contributed by atoms with Crippen LogP contribution in [0.15, 0.2) is 30.6 Å². The zero-order chi connectivity index (χ0) is 25.1. The van der Waals surface area contributed by atoms with Crippen molar-refractivity contribution in [2.24, 2.45) is 0 Å². The average molecular weight is 534 g/mol. The second kappa shape index (κ2) is 8.19. The third-order valence-electron chi connectivity index (χ3n) is 5.43. The number of hydrogen-bond donors (Lipinski definition) is 1. The minimum atomic E-state index is -5.23. The molecule has 1 atom stereocenters. The highest BCUT2D eigenvalue weighted by atomic mass is 35.5. The van der Waals surface area contributed by atoms with Gasteiger partial charge in [-0.15, -0.1) is 0 Å². The number of nitrogens with one attached hydrogen (secondary N) is 1. The topological polar surface area (TPSA) is 83.5 Å². The van der Waals surface area contributed by atoms with Gasteiger partial charge in [0.25, 0.3) is 0 Å². The lowest BCUT2D eigenvalue weighted by atomic mass is 9.94. The third-order valence-corrected chi connectivity index (χ3v) is 5.86. The van der Waals surface area contributed by atoms with Gasteiger partial charge in [-0.1, -0.05) is 11.6 Å². The lowest BCUT2D eigenvalue weighted by Gasteiger charge is -2.36. The molecule has 1 aliphatic heterocycles. The Labute approximate surface area is 202 Å². The van der Waals surface area contributed by atoms with Crippen molar-refractivity contribution in [3.63, 3.8) is 0 Å². The molecule has 0 radical (unpaired) electrons. The summed E-state index contributed by atoms with van der Waals surface area (Å²) in [5.41, 5.74) is 2.32. The van der Waals surface area contributed by atoms with E-state index >= 15 is 0 Å². The molecular weight excluding hydrogens is 523 g/mol. The molecule has 1 aliphatic rings. The number of halogens is 8. The molecule has 35 heavy (non-hydrogen) atoms. The number of fused-ring (bicyclic) bond motifs is 3. The zero-order valence-corrected chi connectivity index (χ0v) is 18.6. The van der Waals surface area contributed by atoms with Crippen molar-refractivity contribution in [3.05, 3.63) is 69.4 Å². The van der Waals surface area contributed by atoms with E-state index in [4.69, 9.17) is 23.2 Å². The Balaban J connectivity index is 1.73. The summed E-state index contributed by atoms with van der Waals surface area (Å²) in [6.45, 7) is -0.0155. The first-order valence-electron chi connectivity index (χ1n) is 9.86. The van der Waals surface area contributed by atoms with Crippen molar-refractivity contribution in [2.45, 2.75) is 24.8 Å². The van der Waals surface area contributed by atoms with E-state index in [-0.39, 0.29) is 18.2 Å². The summed E-state index contributed by atoms with van der Waals surface area (Å²) in [6.07, 6.45) is -7.53. The normalized spacial score (nSPS) is 16.6. The molecule has 5 rings (SSSR count). The van der Waals surface area contributed by atoms with Gasteiger partial charge >= 0.3 is 12.4 Å². The molecule has 0 spiro atoms. The first-order valence-corrected chi connectivity index (χ1v) is 10.6. The van der Waals surface area contributed by atoms with Crippen molar-refractivity contribution in [1.29, 1.82) is 0 Å². The van der Waals surface area contributed by atoms with E-state index < -0.39 is 36.0 Å². The van der Waals surface area contributed by atoms with Gasteiger partial charge in [-0.2, -0.15) is 36.3 Å². The molecule has 15 heteroatoms. The third kappa shape index (κ3) is 4.33. The fourth-order valence-electron chi connectivity index (χ4n) is 4.03. The van der Waals surface area contributed by atoms with E-state index in [2.05, 4.69) is 29.9 Å². The SMILES string of the molecule is FC(F)(F)c1nc(N2CCc3c([nH]c4ccc(Cl)cc34)[C@@H]2c2cnc(Cl)nc2)nc(C(F)(F)F)n1. The summed E-state index contributed by atoms with van der Waals surface area (Å²) in [7, 11) is 0. The molecule has 3 aromatic heterocycles. The monoisotopic (exact) mass is 533 g/mol. The molecule has 4 heterocycles. The fraction of sp³-hybridized carbons (Fsp3) is 0.250. The largest absolute Gasteiger partial charge is 0.451 e. The Bertz CT molecular complexity index is 1390. The smallest absolute Gasteiger partial charge is 0.356 e. The maximum absolute atomic E-state index is 13.4. The van der Waals surface area contributed by atoms with Crippen LogP contribution in [0, 0.1) is 0 Å². The highest BCUT2D eigenvalue weighted by Crippen LogP contribution is 2.41. The molecule has 0 bridgehead atoms. The molecule has 0 aliphatic carbocycles. The van der Waals surface area contributed by atoms with Crippen molar-refractivity contribution in [2.75, 3.05) is 11.4 Å². The number of anilines is 1. The number of hydrogen-bond acceptors (Lipinski definition) is 6. The van der Waals surface area contributed by atoms with E-state index in [0.717, 1.165) is 10.9 Å². The van der Waals surface area contributed by atoms with Gasteiger partial charge in [0.1, 0.15) is 6.04 Å². The molecule has 1 N–H and O–H groups in total. The van der Waals surface area contributed by atoms with E-state index in [9.17, 15) is 26.3 Å². The molecular formula is C20H11Cl2F6N7. The molecule has 182 valence electrons. The van der Waals surface area contributed by atoms with Crippen LogP contribution >= 0.6 is 23.2 Å². The minimum absolute atomic E-state index is 0.0155. The van der Waals surface area contributed by atoms with Crippen LogP contribution in [-0.4, -0.2) is 36.4 Å². The predicted molar refractivity (Wildman–Crippen MR) is 113 cm³/mol. The summed E-state index contributed by atoms with van der Waals surface area (Å²) >= 11 is 11.9. The Kier molecular flexibility index (Phi) is 5.51. The summed E-state index contributed by atoms with van der Waals surface area (Å²) in [4.78, 5) is 21.6. The van der Waals surface area contributed by atoms with E-state index in [1.165, 1.54) is 17.3 Å². The number of alkyl halides is 6. The number of H-pyrrole nitrogens is 1. The number of aromatic amines is 1. The molecule has 0 saturated carbocycles. The van der Waals surface area contributed by atoms with E-state index in [0.29, 0.717) is 21.8 Å². The van der Waals surface area contributed by atoms with Crippen LogP contribution in [0.2, 0.25) is 10.3 Å². The fourth-order valence-corrected chi connectivity index (χ4v) is 4.30. The summed E-state index contributed by atoms with van der Waals surface area (Å²) in [5, 5.41) is 1.16. The van der Waals surface area contributed by atoms with Crippen LogP contribution in [0.1, 0.15) is 34.5 Å². The Morgan fingerprint density at radius 2 is 1.54 bits per heavy atom. The highest BCUT2D eigenvalue weighted by Gasteiger charge is 2.43. The van der Waals surface area contributed by atoms with Gasteiger partial charge in [0.15, 0.2) is 0 Å². The molecule has 4 aromatic rings. The van der Waals surface area contributed by atoms with Gasteiger partial charge in [0.05, 0.1) is 0 Å². The summed E-state index contributed by atoms with van der Waals surface area (Å²) in [6, 6.07) is 4.15. The molecule has 1 aromatic carbocycles. The first kappa shape index (κ1) is 23.5. The molecule has 0 saturated heterocycles. The van der Waals surface area contributed by atoms with Gasteiger partial charge in [-0.25, -0.2) is 15.0 Å². The summed E-state index contributed by atoms with van der Waals surface area (Å²) in [5.74, 6) is -4.69. The van der Waals surface area contributed by atoms with Crippen molar-refractivity contribution >= 4 is 40.1 Å². The summed E-state index contributed by atoms with van der Waals surface area (Å²) < 4.78 is 80.4. The number of aromatic nitrogens is 6. The van der Waals surface area contributed by atoms with E-state index in [1.54, 1.807) is 18.2 Å². The average Bonchev–Trinajstić information content (AvgIpc) is 3.15. The lowest BCUT2D eigenvalue weighted by molar-refractivity contribution is -0.155. The predicted octanol–water partition coefficient (Wildman–Crippen LogP) is 5.64. The Hall–Kier alpha value is -3.19. The zero-order valence-electron chi connectivity index (χ0n) is 17.1. The minimum Gasteiger partial charge on any atom is -0.356 e. The Morgan fingerprint density at radius 1 is 0.914 bits per heavy atom. The van der Waals surface area contributed by atoms with Crippen LogP contribution in [0.4, 0.5) is 32.3 Å². The van der Waals surface area contributed by atoms with Crippen molar-refractivity contribution in [1.82, 2.24) is 29.9 Å². The maximum Gasteiger partial charge on any atom is 0.451 e. The number of rotatable bonds is 2. The number of nitrogens with zero attached hydrogens (tertiary/aromatic N) is 6. The van der Waals surface area contributed by atoms with Crippen LogP contribution in [0.3, 0.4) is 0 Å². The van der Waals surface area contributed by atoms with Crippen LogP contribution in [0.5, 0.6) is 0 Å². The lowest BCUT2D eigenvalue weighted by Crippen LogP contribution is -2.38. The molecule has 7 nitrogen and oxygen atoms in total. The Morgan fingerprint density at radius 3 is 2.14 bits per heavy atom. The van der Waals surface area contributed by atoms with Crippen LogP contribution < -0.4 is 4.90 Å².